The van der Waals surface area contributed by atoms with Crippen molar-refractivity contribution < 1.29 is 48.3 Å². The van der Waals surface area contributed by atoms with Gasteiger partial charge >= 0.3 is 6.09 Å². The summed E-state index contributed by atoms with van der Waals surface area (Å²) in [6.45, 7) is 10.2. The molecule has 6 rings (SSSR count). The van der Waals surface area contributed by atoms with Crippen molar-refractivity contribution in [1.29, 1.82) is 0 Å². The van der Waals surface area contributed by atoms with E-state index < -0.39 is 29.4 Å². The number of allylic oxidation sites excluding steroid dienone is 1. The first kappa shape index (κ1) is 46.9. The van der Waals surface area contributed by atoms with Crippen LogP contribution in [0.3, 0.4) is 0 Å². The first-order valence-electron chi connectivity index (χ1n) is 22.6. The molecule has 2 aromatic carbocycles. The normalized spacial score (nSPS) is 24.9. The first-order valence-corrected chi connectivity index (χ1v) is 22.6. The smallest absolute Gasteiger partial charge is 0.417 e. The first-order chi connectivity index (χ1) is 29.9. The SMILES string of the molecule is C=CCO[C@@]12Oc3ccc(OC(=O)Nc4ccc(OC)cc4OC)cc3[C@H]3[C@H](CCCCO)[C@@H](CCCCO)C=C(C(=NOC(C)(C)C)C[C@@H]1N(C)C(=O)CCC1CCCC1)[C@H]32. The lowest BCUT2D eigenvalue weighted by molar-refractivity contribution is -0.255. The molecule has 3 N–H and O–H groups in total. The van der Waals surface area contributed by atoms with Crippen molar-refractivity contribution in [1.82, 2.24) is 4.90 Å². The zero-order chi connectivity index (χ0) is 44.4. The molecule has 1 aliphatic heterocycles. The van der Waals surface area contributed by atoms with Gasteiger partial charge in [0.15, 0.2) is 0 Å². The average Bonchev–Trinajstić information content (AvgIpc) is 3.79. The number of nitrogens with zero attached hydrogens (tertiary/aromatic N) is 2. The number of benzene rings is 2. The number of aliphatic hydroxyl groups is 2. The van der Waals surface area contributed by atoms with Crippen LogP contribution < -0.4 is 24.3 Å². The number of nitrogens with one attached hydrogen (secondary N) is 1. The average molecular weight is 860 g/mol. The standard InChI is InChI=1S/C49H69N3O10/c1-8-27-59-49-43(52(5)44(55)24-19-32-15-9-10-16-32)31-40(51-62-48(2,3)4)37-28-33(17-11-13-25-53)36(18-12-14-26-54)45(46(37)49)38-29-35(21-23-41(38)61-49)60-47(56)50-39-22-20-34(57-6)30-42(39)58-7/h8,20-23,28-30,32-33,36,43,45-46,53-54H,1,9-19,24-27,31H2,2-7H3,(H,50,56)/t33-,36+,43-,45+,46+,49+/m0/s1. The van der Waals surface area contributed by atoms with Crippen LogP contribution in [0.2, 0.25) is 0 Å². The van der Waals surface area contributed by atoms with Crippen molar-refractivity contribution >= 4 is 23.4 Å². The number of unbranched alkanes of at least 4 members (excludes halogenated alkanes) is 2. The quantitative estimate of drug-likeness (QED) is 0.0666. The summed E-state index contributed by atoms with van der Waals surface area (Å²) < 4.78 is 31.1. The van der Waals surface area contributed by atoms with Gasteiger partial charge in [-0.2, -0.15) is 0 Å². The number of likely N-dealkylation sites (N-methyl/N-ethyl adjacent to an activating group) is 1. The zero-order valence-corrected chi connectivity index (χ0v) is 37.7. The number of ether oxygens (including phenoxy) is 5. The van der Waals surface area contributed by atoms with Gasteiger partial charge < -0.3 is 43.6 Å². The van der Waals surface area contributed by atoms with Crippen LogP contribution in [0.15, 0.2) is 65.9 Å². The summed E-state index contributed by atoms with van der Waals surface area (Å²) >= 11 is 0. The van der Waals surface area contributed by atoms with Gasteiger partial charge in [0.2, 0.25) is 11.7 Å². The number of carbonyl (C=O) groups is 2. The number of rotatable bonds is 20. The van der Waals surface area contributed by atoms with Crippen molar-refractivity contribution in [2.45, 2.75) is 128 Å². The Morgan fingerprint density at radius 2 is 1.71 bits per heavy atom. The molecule has 0 radical (unpaired) electrons. The van der Waals surface area contributed by atoms with Gasteiger partial charge in [-0.15, -0.1) is 6.58 Å². The third-order valence-electron chi connectivity index (χ3n) is 13.0. The van der Waals surface area contributed by atoms with E-state index in [1.807, 2.05) is 44.9 Å². The van der Waals surface area contributed by atoms with E-state index in [1.165, 1.54) is 20.0 Å². The van der Waals surface area contributed by atoms with Gasteiger partial charge in [-0.3, -0.25) is 10.1 Å². The molecule has 2 fully saturated rings. The maximum Gasteiger partial charge on any atom is 0.417 e. The molecule has 2 amide bonds. The summed E-state index contributed by atoms with van der Waals surface area (Å²) in [7, 11) is 4.93. The number of carbonyl (C=O) groups excluding carboxylic acids is 2. The van der Waals surface area contributed by atoms with E-state index in [2.05, 4.69) is 18.0 Å². The molecule has 13 nitrogen and oxygen atoms in total. The molecule has 0 saturated heterocycles. The lowest BCUT2D eigenvalue weighted by Gasteiger charge is -2.59. The lowest BCUT2D eigenvalue weighted by atomic mass is 9.55. The summed E-state index contributed by atoms with van der Waals surface area (Å²) in [5, 5.41) is 27.5. The number of hydrogen-bond acceptors (Lipinski definition) is 11. The van der Waals surface area contributed by atoms with E-state index in [9.17, 15) is 19.8 Å². The van der Waals surface area contributed by atoms with Gasteiger partial charge in [0.05, 0.1) is 38.1 Å². The van der Waals surface area contributed by atoms with E-state index in [1.54, 1.807) is 37.5 Å². The van der Waals surface area contributed by atoms with Crippen LogP contribution in [0.1, 0.15) is 116 Å². The second-order valence-electron chi connectivity index (χ2n) is 18.3. The van der Waals surface area contributed by atoms with Crippen LogP contribution >= 0.6 is 0 Å². The molecule has 6 atom stereocenters. The Morgan fingerprint density at radius 1 is 0.984 bits per heavy atom. The molecule has 0 spiro atoms. The topological polar surface area (TPSA) is 158 Å². The highest BCUT2D eigenvalue weighted by atomic mass is 16.7. The molecule has 0 aromatic heterocycles. The predicted molar refractivity (Wildman–Crippen MR) is 239 cm³/mol. The van der Waals surface area contributed by atoms with Gasteiger partial charge in [0.1, 0.15) is 34.6 Å². The molecule has 13 heteroatoms. The second kappa shape index (κ2) is 21.2. The van der Waals surface area contributed by atoms with Crippen molar-refractivity contribution in [3.63, 3.8) is 0 Å². The highest BCUT2D eigenvalue weighted by Crippen LogP contribution is 2.62. The van der Waals surface area contributed by atoms with E-state index in [4.69, 9.17) is 33.7 Å². The summed E-state index contributed by atoms with van der Waals surface area (Å²) in [6, 6.07) is 9.92. The van der Waals surface area contributed by atoms with Gasteiger partial charge in [-0.25, -0.2) is 4.79 Å². The number of amides is 2. The van der Waals surface area contributed by atoms with Crippen molar-refractivity contribution in [2.75, 3.05) is 46.4 Å². The fourth-order valence-electron chi connectivity index (χ4n) is 10.1. The minimum Gasteiger partial charge on any atom is -0.497 e. The van der Waals surface area contributed by atoms with Crippen molar-refractivity contribution in [3.8, 4) is 23.0 Å². The highest BCUT2D eigenvalue weighted by Gasteiger charge is 2.65. The number of anilines is 1. The fourth-order valence-corrected chi connectivity index (χ4v) is 10.1. The summed E-state index contributed by atoms with van der Waals surface area (Å²) in [4.78, 5) is 36.0. The minimum atomic E-state index is -1.35. The van der Waals surface area contributed by atoms with Crippen molar-refractivity contribution in [2.24, 2.45) is 28.8 Å². The van der Waals surface area contributed by atoms with Crippen LogP contribution in [-0.4, -0.2) is 91.3 Å². The Hall–Kier alpha value is -4.59. The van der Waals surface area contributed by atoms with E-state index in [0.717, 1.165) is 61.8 Å². The number of aliphatic hydroxyl groups excluding tert-OH is 2. The van der Waals surface area contributed by atoms with Crippen LogP contribution in [-0.2, 0) is 14.4 Å². The number of fused-ring (bicyclic) bond motifs is 2. The Bertz CT molecular complexity index is 1920. The van der Waals surface area contributed by atoms with Crippen LogP contribution in [0, 0.1) is 23.7 Å². The molecule has 0 bridgehead atoms. The fraction of sp³-hybridized carbons (Fsp3) is 0.612. The third kappa shape index (κ3) is 10.8. The molecular formula is C49H69N3O10. The molecule has 4 aliphatic rings. The van der Waals surface area contributed by atoms with Gasteiger partial charge in [0.25, 0.3) is 0 Å². The number of hydrogen-bond donors (Lipinski definition) is 3. The number of methoxy groups -OCH3 is 2. The van der Waals surface area contributed by atoms with Gasteiger partial charge in [0, 0.05) is 50.7 Å². The van der Waals surface area contributed by atoms with Crippen LogP contribution in [0.4, 0.5) is 10.5 Å². The van der Waals surface area contributed by atoms with E-state index in [-0.39, 0.29) is 43.5 Å². The zero-order valence-electron chi connectivity index (χ0n) is 37.7. The van der Waals surface area contributed by atoms with Crippen LogP contribution in [0.5, 0.6) is 23.0 Å². The summed E-state index contributed by atoms with van der Waals surface area (Å²) in [6.07, 6.45) is 14.2. The van der Waals surface area contributed by atoms with Crippen molar-refractivity contribution in [3.05, 3.63) is 66.3 Å². The second-order valence-corrected chi connectivity index (χ2v) is 18.3. The Labute approximate surface area is 367 Å². The highest BCUT2D eigenvalue weighted by molar-refractivity contribution is 6.03. The largest absolute Gasteiger partial charge is 0.497 e. The monoisotopic (exact) mass is 859 g/mol. The van der Waals surface area contributed by atoms with E-state index in [0.29, 0.717) is 60.3 Å². The molecule has 0 unspecified atom stereocenters. The molecule has 340 valence electrons. The molecule has 62 heavy (non-hydrogen) atoms. The number of oxime groups is 1. The molecule has 3 aliphatic carbocycles. The summed E-state index contributed by atoms with van der Waals surface area (Å²) in [5.41, 5.74) is 2.36. The third-order valence-corrected chi connectivity index (χ3v) is 13.0. The Morgan fingerprint density at radius 3 is 2.39 bits per heavy atom. The lowest BCUT2D eigenvalue weighted by Crippen LogP contribution is -2.69. The predicted octanol–water partition coefficient (Wildman–Crippen LogP) is 9.18. The maximum atomic E-state index is 14.4. The molecular weight excluding hydrogens is 791 g/mol. The van der Waals surface area contributed by atoms with Gasteiger partial charge in [-0.05, 0) is 107 Å². The Balaban J connectivity index is 1.49. The molecule has 2 aromatic rings. The van der Waals surface area contributed by atoms with E-state index >= 15 is 0 Å². The Kier molecular flexibility index (Phi) is 16.0. The molecule has 2 saturated carbocycles. The van der Waals surface area contributed by atoms with Crippen LogP contribution in [0.25, 0.3) is 0 Å². The maximum absolute atomic E-state index is 14.4. The molecule has 1 heterocycles. The van der Waals surface area contributed by atoms with Gasteiger partial charge in [-0.1, -0.05) is 55.8 Å². The summed E-state index contributed by atoms with van der Waals surface area (Å²) in [5.74, 6) is 0.441. The minimum absolute atomic E-state index is 0.0166.